The van der Waals surface area contributed by atoms with Crippen LogP contribution < -0.4 is 0 Å². The first kappa shape index (κ1) is 24.4. The molecule has 23 heavy (non-hydrogen) atoms. The Kier molecular flexibility index (Phi) is 8.06. The van der Waals surface area contributed by atoms with Gasteiger partial charge in [0.1, 0.15) is 10.5 Å². The van der Waals surface area contributed by atoms with Gasteiger partial charge >= 0.3 is 37.7 Å². The van der Waals surface area contributed by atoms with Crippen molar-refractivity contribution in [3.8, 4) is 0 Å². The van der Waals surface area contributed by atoms with Gasteiger partial charge in [-0.05, 0) is 0 Å². The molecule has 0 radical (unpaired) electrons. The maximum atomic E-state index is 11.3. The molecular weight excluding hydrogens is 447 g/mol. The summed E-state index contributed by atoms with van der Waals surface area (Å²) in [6.45, 7) is 0. The van der Waals surface area contributed by atoms with E-state index in [-0.39, 0.29) is 37.7 Å². The monoisotopic (exact) mass is 460 g/mol. The molecule has 4 atom stereocenters. The molecule has 0 spiro atoms. The molecule has 1 heterocycles. The molecule has 4 unspecified atom stereocenters. The second kappa shape index (κ2) is 7.58. The van der Waals surface area contributed by atoms with E-state index in [4.69, 9.17) is 18.2 Å². The van der Waals surface area contributed by atoms with Gasteiger partial charge in [0.2, 0.25) is 0 Å². The molecule has 0 aromatic heterocycles. The number of hydrogen-bond acceptors (Lipinski definition) is 8. The van der Waals surface area contributed by atoms with Crippen LogP contribution >= 0.6 is 0 Å². The first-order valence-corrected chi connectivity index (χ1v) is 13.2. The minimum atomic E-state index is -5.52. The summed E-state index contributed by atoms with van der Waals surface area (Å²) in [5.74, 6) is 0. The topological polar surface area (TPSA) is 217 Å². The molecule has 0 aromatic carbocycles. The Morgan fingerprint density at radius 1 is 0.652 bits per heavy atom. The predicted octanol–water partition coefficient (Wildman–Crippen LogP) is -4.08. The Bertz CT molecular complexity index is 782. The molecule has 0 aliphatic carbocycles. The summed E-state index contributed by atoms with van der Waals surface area (Å²) in [6, 6.07) is 0. The van der Waals surface area contributed by atoms with Gasteiger partial charge in [-0.25, -0.2) is 8.42 Å². The van der Waals surface area contributed by atoms with Crippen LogP contribution in [0, 0.1) is 0 Å². The molecule has 1 aliphatic rings. The van der Waals surface area contributed by atoms with Crippen molar-refractivity contribution in [2.24, 2.45) is 0 Å². The van der Waals surface area contributed by atoms with Crippen molar-refractivity contribution in [1.82, 2.24) is 0 Å². The average molecular weight is 460 g/mol. The SMILES string of the molecule is O=S(=O)(O)C1[CH2][AlH][CH](S(=O)(=O)O)C(S(=O)(=O)O)C1S(=O)(=O)O.[CaH2]. The second-order valence-corrected chi connectivity index (χ2v) is 13.7. The molecule has 1 saturated heterocycles. The Morgan fingerprint density at radius 3 is 1.30 bits per heavy atom. The van der Waals surface area contributed by atoms with E-state index in [9.17, 15) is 33.7 Å². The van der Waals surface area contributed by atoms with Crippen molar-refractivity contribution >= 4 is 93.4 Å². The maximum absolute atomic E-state index is 11.3. The Labute approximate surface area is 168 Å². The number of rotatable bonds is 4. The first-order valence-electron chi connectivity index (χ1n) is 5.32. The van der Waals surface area contributed by atoms with Crippen LogP contribution in [0.15, 0.2) is 0 Å². The van der Waals surface area contributed by atoms with E-state index >= 15 is 0 Å². The predicted molar refractivity (Wildman–Crippen MR) is 81.8 cm³/mol. The summed E-state index contributed by atoms with van der Waals surface area (Å²) in [5.41, 5.74) is 0. The third-order valence-electron chi connectivity index (χ3n) is 3.25. The zero-order chi connectivity index (χ0) is 17.7. The molecular formula is C5H13AlCaO12S4. The second-order valence-electron chi connectivity index (χ2n) is 4.64. The van der Waals surface area contributed by atoms with Crippen molar-refractivity contribution in [2.45, 2.75) is 25.1 Å². The van der Waals surface area contributed by atoms with Crippen LogP contribution in [0.3, 0.4) is 0 Å². The van der Waals surface area contributed by atoms with Gasteiger partial charge in [0.05, 0.1) is 9.36 Å². The van der Waals surface area contributed by atoms with Gasteiger partial charge in [0.25, 0.3) is 55.7 Å². The fourth-order valence-electron chi connectivity index (χ4n) is 2.44. The van der Waals surface area contributed by atoms with E-state index in [2.05, 4.69) is 0 Å². The van der Waals surface area contributed by atoms with Gasteiger partial charge in [0.15, 0.2) is 0 Å². The Balaban J connectivity index is 0.00000484. The normalized spacial score (nSPS) is 30.1. The summed E-state index contributed by atoms with van der Waals surface area (Å²) in [6.07, 6.45) is 0. The standard InChI is InChI=1S/C5H10O12S4.Al.Ca.3H/c1-3(19(9,10)11)5(21(15,16)17)4(20(12,13)14)2-18(6,7)8;;;;;/h2-5H,1H2,(H,6,7,8)(H,9,10,11)(H,12,13,14)(H,15,16,17);;;;;. The molecule has 1 aliphatic heterocycles. The van der Waals surface area contributed by atoms with E-state index in [1.807, 2.05) is 0 Å². The Morgan fingerprint density at radius 2 is 1.04 bits per heavy atom. The fourth-order valence-corrected chi connectivity index (χ4v) is 14.6. The quantitative estimate of drug-likeness (QED) is 0.232. The summed E-state index contributed by atoms with van der Waals surface area (Å²) in [5, 5.41) is -8.77. The third-order valence-corrected chi connectivity index (χ3v) is 13.5. The van der Waals surface area contributed by atoms with E-state index < -0.39 is 80.8 Å². The third kappa shape index (κ3) is 5.98. The van der Waals surface area contributed by atoms with Gasteiger partial charge in [-0.1, -0.05) is 5.28 Å². The minimum absolute atomic E-state index is 0. The van der Waals surface area contributed by atoms with Crippen LogP contribution in [-0.4, -0.2) is 125 Å². The van der Waals surface area contributed by atoms with Gasteiger partial charge in [-0.2, -0.15) is 25.3 Å². The first-order chi connectivity index (χ1) is 9.47. The van der Waals surface area contributed by atoms with Crippen molar-refractivity contribution in [3.05, 3.63) is 0 Å². The van der Waals surface area contributed by atoms with Crippen molar-refractivity contribution in [3.63, 3.8) is 0 Å². The Hall–Kier alpha value is 1.43. The molecule has 1 fully saturated rings. The van der Waals surface area contributed by atoms with Crippen LogP contribution in [0.2, 0.25) is 5.28 Å². The van der Waals surface area contributed by atoms with Gasteiger partial charge < -0.3 is 0 Å². The summed E-state index contributed by atoms with van der Waals surface area (Å²) in [4.78, 5) is 0. The van der Waals surface area contributed by atoms with E-state index in [0.29, 0.717) is 0 Å². The zero-order valence-electron chi connectivity index (χ0n) is 10.4. The van der Waals surface area contributed by atoms with Crippen molar-refractivity contribution < 1.29 is 51.9 Å². The molecule has 0 saturated carbocycles. The molecule has 4 N–H and O–H groups in total. The van der Waals surface area contributed by atoms with Crippen LogP contribution in [-0.2, 0) is 40.5 Å². The number of hydrogen-bond donors (Lipinski definition) is 4. The molecule has 0 amide bonds. The van der Waals surface area contributed by atoms with Crippen molar-refractivity contribution in [1.29, 1.82) is 0 Å². The molecule has 12 nitrogen and oxygen atoms in total. The fraction of sp³-hybridized carbons (Fsp3) is 1.00. The van der Waals surface area contributed by atoms with Gasteiger partial charge in [-0.15, -0.1) is 0 Å². The molecule has 134 valence electrons. The van der Waals surface area contributed by atoms with Crippen LogP contribution in [0.4, 0.5) is 0 Å². The summed E-state index contributed by atoms with van der Waals surface area (Å²) >= 11 is -2.32. The molecule has 0 aromatic rings. The van der Waals surface area contributed by atoms with E-state index in [1.165, 1.54) is 0 Å². The average Bonchev–Trinajstić information content (AvgIpc) is 2.22. The molecule has 0 bridgehead atoms. The van der Waals surface area contributed by atoms with E-state index in [1.54, 1.807) is 0 Å². The summed E-state index contributed by atoms with van der Waals surface area (Å²) < 4.78 is 124. The van der Waals surface area contributed by atoms with E-state index in [0.717, 1.165) is 0 Å². The van der Waals surface area contributed by atoms with Crippen molar-refractivity contribution in [2.75, 3.05) is 0 Å². The van der Waals surface area contributed by atoms with Crippen LogP contribution in [0.1, 0.15) is 0 Å². The van der Waals surface area contributed by atoms with Gasteiger partial charge in [-0.3, -0.25) is 18.2 Å². The van der Waals surface area contributed by atoms with Crippen LogP contribution in [0.25, 0.3) is 0 Å². The molecule has 1 rings (SSSR count). The van der Waals surface area contributed by atoms with Gasteiger partial charge in [0, 0.05) is 0 Å². The van der Waals surface area contributed by atoms with Crippen LogP contribution in [0.5, 0.6) is 0 Å². The molecule has 18 heteroatoms. The zero-order valence-corrected chi connectivity index (χ0v) is 15.1. The summed E-state index contributed by atoms with van der Waals surface area (Å²) in [7, 11) is -21.3.